The number of hydrogen-bond donors (Lipinski definition) is 0. The third kappa shape index (κ3) is 3.05. The largest absolute Gasteiger partial charge is 0.491 e. The molecule has 0 saturated carbocycles. The normalized spacial score (nSPS) is 21.8. The van der Waals surface area contributed by atoms with E-state index < -0.39 is 11.6 Å². The minimum absolute atomic E-state index is 0.0172. The van der Waals surface area contributed by atoms with Gasteiger partial charge in [-0.15, -0.1) is 0 Å². The molecule has 0 unspecified atom stereocenters. The third-order valence-electron chi connectivity index (χ3n) is 2.60. The van der Waals surface area contributed by atoms with Crippen LogP contribution in [0.25, 0.3) is 0 Å². The standard InChI is InChI=1S/C13H15FO4/c1-13(2)17-8-11(18-13)7-16-10-3-4-12(14)9(5-10)6-15/h3-6,11H,7-8H2,1-2H3/t11-/m0/s1. The fourth-order valence-corrected chi connectivity index (χ4v) is 1.74. The molecule has 1 aromatic carbocycles. The van der Waals surface area contributed by atoms with E-state index in [1.807, 2.05) is 13.8 Å². The van der Waals surface area contributed by atoms with Crippen molar-refractivity contribution in [1.82, 2.24) is 0 Å². The van der Waals surface area contributed by atoms with Gasteiger partial charge in [0, 0.05) is 0 Å². The van der Waals surface area contributed by atoms with Crippen LogP contribution in [0.15, 0.2) is 18.2 Å². The third-order valence-corrected chi connectivity index (χ3v) is 2.60. The molecule has 0 radical (unpaired) electrons. The minimum atomic E-state index is -0.592. The average molecular weight is 254 g/mol. The Labute approximate surface area is 105 Å². The summed E-state index contributed by atoms with van der Waals surface area (Å²) in [5.74, 6) is -0.712. The van der Waals surface area contributed by atoms with Crippen molar-refractivity contribution in [3.63, 3.8) is 0 Å². The summed E-state index contributed by atoms with van der Waals surface area (Å²) in [7, 11) is 0. The van der Waals surface area contributed by atoms with Gasteiger partial charge in [-0.05, 0) is 32.0 Å². The predicted octanol–water partition coefficient (Wildman–Crippen LogP) is 2.17. The Balaban J connectivity index is 1.93. The first-order valence-corrected chi connectivity index (χ1v) is 5.69. The zero-order valence-electron chi connectivity index (χ0n) is 10.3. The van der Waals surface area contributed by atoms with Crippen LogP contribution in [0.4, 0.5) is 4.39 Å². The monoisotopic (exact) mass is 254 g/mol. The molecular weight excluding hydrogens is 239 g/mol. The van der Waals surface area contributed by atoms with Gasteiger partial charge in [-0.1, -0.05) is 0 Å². The smallest absolute Gasteiger partial charge is 0.163 e. The highest BCUT2D eigenvalue weighted by molar-refractivity contribution is 5.75. The van der Waals surface area contributed by atoms with Crippen LogP contribution in [0, 0.1) is 5.82 Å². The van der Waals surface area contributed by atoms with Crippen molar-refractivity contribution in [2.75, 3.05) is 13.2 Å². The summed E-state index contributed by atoms with van der Waals surface area (Å²) in [6, 6.07) is 4.04. The molecule has 1 aliphatic heterocycles. The average Bonchev–Trinajstić information content (AvgIpc) is 2.68. The van der Waals surface area contributed by atoms with E-state index in [0.29, 0.717) is 25.2 Å². The lowest BCUT2D eigenvalue weighted by Crippen LogP contribution is -2.25. The number of hydrogen-bond acceptors (Lipinski definition) is 4. The number of benzene rings is 1. The maximum Gasteiger partial charge on any atom is 0.163 e. The molecule has 1 heterocycles. The molecule has 1 fully saturated rings. The Kier molecular flexibility index (Phi) is 3.63. The van der Waals surface area contributed by atoms with Crippen LogP contribution in [0.1, 0.15) is 24.2 Å². The highest BCUT2D eigenvalue weighted by atomic mass is 19.1. The maximum absolute atomic E-state index is 13.1. The number of rotatable bonds is 4. The van der Waals surface area contributed by atoms with Crippen molar-refractivity contribution in [2.45, 2.75) is 25.7 Å². The van der Waals surface area contributed by atoms with Crippen LogP contribution in [0.2, 0.25) is 0 Å². The summed E-state index contributed by atoms with van der Waals surface area (Å²) in [6.45, 7) is 4.41. The Morgan fingerprint density at radius 1 is 1.56 bits per heavy atom. The van der Waals surface area contributed by atoms with E-state index in [9.17, 15) is 9.18 Å². The van der Waals surface area contributed by atoms with Crippen molar-refractivity contribution in [3.8, 4) is 5.75 Å². The highest BCUT2D eigenvalue weighted by Gasteiger charge is 2.32. The molecule has 0 bridgehead atoms. The second kappa shape index (κ2) is 5.04. The Morgan fingerprint density at radius 2 is 2.33 bits per heavy atom. The number of aldehydes is 1. The zero-order valence-corrected chi connectivity index (χ0v) is 10.3. The van der Waals surface area contributed by atoms with Crippen molar-refractivity contribution < 1.29 is 23.4 Å². The SMILES string of the molecule is CC1(C)OC[C@H](COc2ccc(F)c(C=O)c2)O1. The quantitative estimate of drug-likeness (QED) is 0.772. The maximum atomic E-state index is 13.1. The zero-order chi connectivity index (χ0) is 13.2. The molecule has 0 aromatic heterocycles. The molecule has 0 N–H and O–H groups in total. The molecule has 4 nitrogen and oxygen atoms in total. The van der Waals surface area contributed by atoms with Gasteiger partial charge in [-0.3, -0.25) is 4.79 Å². The first-order chi connectivity index (χ1) is 8.50. The van der Waals surface area contributed by atoms with Gasteiger partial charge >= 0.3 is 0 Å². The van der Waals surface area contributed by atoms with Gasteiger partial charge in [0.1, 0.15) is 24.3 Å². The lowest BCUT2D eigenvalue weighted by atomic mass is 10.2. The summed E-state index contributed by atoms with van der Waals surface area (Å²) in [6.07, 6.45) is 0.297. The second-order valence-electron chi connectivity index (χ2n) is 4.56. The molecule has 0 spiro atoms. The van der Waals surface area contributed by atoms with E-state index >= 15 is 0 Å². The summed E-state index contributed by atoms with van der Waals surface area (Å²) in [5.41, 5.74) is -0.0172. The molecule has 1 atom stereocenters. The van der Waals surface area contributed by atoms with Crippen LogP contribution in [0.5, 0.6) is 5.75 Å². The summed E-state index contributed by atoms with van der Waals surface area (Å²) in [4.78, 5) is 10.6. The molecule has 1 aliphatic rings. The summed E-state index contributed by atoms with van der Waals surface area (Å²) >= 11 is 0. The van der Waals surface area contributed by atoms with E-state index in [0.717, 1.165) is 0 Å². The van der Waals surface area contributed by atoms with Crippen LogP contribution >= 0.6 is 0 Å². The summed E-state index contributed by atoms with van der Waals surface area (Å²) in [5, 5.41) is 0. The van der Waals surface area contributed by atoms with E-state index in [1.165, 1.54) is 18.2 Å². The molecule has 0 aliphatic carbocycles. The predicted molar refractivity (Wildman–Crippen MR) is 62.2 cm³/mol. The van der Waals surface area contributed by atoms with Crippen LogP contribution < -0.4 is 4.74 Å². The van der Waals surface area contributed by atoms with Crippen LogP contribution in [-0.4, -0.2) is 31.4 Å². The molecule has 0 amide bonds. The fraction of sp³-hybridized carbons (Fsp3) is 0.462. The van der Waals surface area contributed by atoms with Gasteiger partial charge in [-0.25, -0.2) is 4.39 Å². The van der Waals surface area contributed by atoms with Gasteiger partial charge < -0.3 is 14.2 Å². The van der Waals surface area contributed by atoms with Gasteiger partial charge in [0.2, 0.25) is 0 Å². The van der Waals surface area contributed by atoms with Crippen molar-refractivity contribution >= 4 is 6.29 Å². The van der Waals surface area contributed by atoms with Gasteiger partial charge in [0.25, 0.3) is 0 Å². The molecule has 5 heteroatoms. The molecule has 18 heavy (non-hydrogen) atoms. The number of carbonyl (C=O) groups excluding carboxylic acids is 1. The molecule has 1 saturated heterocycles. The van der Waals surface area contributed by atoms with E-state index in [2.05, 4.69) is 0 Å². The number of halogens is 1. The second-order valence-corrected chi connectivity index (χ2v) is 4.56. The Morgan fingerprint density at radius 3 is 2.94 bits per heavy atom. The molecule has 1 aromatic rings. The lowest BCUT2D eigenvalue weighted by Gasteiger charge is -2.17. The Bertz CT molecular complexity index is 445. The van der Waals surface area contributed by atoms with Crippen molar-refractivity contribution in [3.05, 3.63) is 29.6 Å². The number of carbonyl (C=O) groups is 1. The van der Waals surface area contributed by atoms with E-state index in [4.69, 9.17) is 14.2 Å². The topological polar surface area (TPSA) is 44.8 Å². The minimum Gasteiger partial charge on any atom is -0.491 e. The van der Waals surface area contributed by atoms with Gasteiger partial charge in [0.05, 0.1) is 12.2 Å². The van der Waals surface area contributed by atoms with Gasteiger partial charge in [0.15, 0.2) is 12.1 Å². The van der Waals surface area contributed by atoms with Crippen molar-refractivity contribution in [2.24, 2.45) is 0 Å². The van der Waals surface area contributed by atoms with Gasteiger partial charge in [-0.2, -0.15) is 0 Å². The van der Waals surface area contributed by atoms with Crippen molar-refractivity contribution in [1.29, 1.82) is 0 Å². The first-order valence-electron chi connectivity index (χ1n) is 5.69. The van der Waals surface area contributed by atoms with E-state index in [-0.39, 0.29) is 11.7 Å². The summed E-state index contributed by atoms with van der Waals surface area (Å²) < 4.78 is 29.5. The Hall–Kier alpha value is -1.46. The lowest BCUT2D eigenvalue weighted by molar-refractivity contribution is -0.141. The highest BCUT2D eigenvalue weighted by Crippen LogP contribution is 2.23. The van der Waals surface area contributed by atoms with Crippen LogP contribution in [-0.2, 0) is 9.47 Å². The molecular formula is C13H15FO4. The van der Waals surface area contributed by atoms with Crippen LogP contribution in [0.3, 0.4) is 0 Å². The molecule has 98 valence electrons. The van der Waals surface area contributed by atoms with E-state index in [1.54, 1.807) is 0 Å². The number of ether oxygens (including phenoxy) is 3. The fourth-order valence-electron chi connectivity index (χ4n) is 1.74. The molecule has 2 rings (SSSR count). The first kappa shape index (κ1) is 13.0.